The quantitative estimate of drug-likeness (QED) is 0.688. The number of methoxy groups -OCH3 is 1. The number of carbonyl (C=O) groups excluding carboxylic acids is 3. The van der Waals surface area contributed by atoms with Crippen LogP contribution in [0, 0.1) is 0 Å². The summed E-state index contributed by atoms with van der Waals surface area (Å²) in [6, 6.07) is 8.90. The summed E-state index contributed by atoms with van der Waals surface area (Å²) >= 11 is 1.17. The fourth-order valence-electron chi connectivity index (χ4n) is 2.27. The Morgan fingerprint density at radius 2 is 1.96 bits per heavy atom. The van der Waals surface area contributed by atoms with E-state index in [4.69, 9.17) is 15.2 Å². The van der Waals surface area contributed by atoms with Crippen molar-refractivity contribution in [2.45, 2.75) is 25.9 Å². The molecule has 2 amide bonds. The fourth-order valence-corrected chi connectivity index (χ4v) is 3.06. The summed E-state index contributed by atoms with van der Waals surface area (Å²) in [4.78, 5) is 35.4. The highest BCUT2D eigenvalue weighted by Crippen LogP contribution is 2.23. The summed E-state index contributed by atoms with van der Waals surface area (Å²) in [6.07, 6.45) is -0.444. The van der Waals surface area contributed by atoms with Crippen molar-refractivity contribution in [2.75, 3.05) is 12.4 Å². The first-order valence-corrected chi connectivity index (χ1v) is 8.80. The van der Waals surface area contributed by atoms with Crippen molar-refractivity contribution in [3.63, 3.8) is 0 Å². The minimum Gasteiger partial charge on any atom is -0.496 e. The lowest BCUT2D eigenvalue weighted by molar-refractivity contribution is -0.153. The van der Waals surface area contributed by atoms with Crippen LogP contribution < -0.4 is 15.8 Å². The second-order valence-corrected chi connectivity index (χ2v) is 6.38. The number of aryl methyl sites for hydroxylation is 1. The van der Waals surface area contributed by atoms with E-state index in [0.29, 0.717) is 17.2 Å². The van der Waals surface area contributed by atoms with Crippen LogP contribution >= 0.6 is 11.3 Å². The largest absolute Gasteiger partial charge is 0.496 e. The van der Waals surface area contributed by atoms with Gasteiger partial charge < -0.3 is 20.5 Å². The van der Waals surface area contributed by atoms with Gasteiger partial charge in [-0.15, -0.1) is 11.3 Å². The highest BCUT2D eigenvalue weighted by molar-refractivity contribution is 7.14. The summed E-state index contributed by atoms with van der Waals surface area (Å²) in [5.74, 6) is -0.966. The zero-order valence-electron chi connectivity index (χ0n) is 14.5. The Bertz CT molecular complexity index is 802. The predicted molar refractivity (Wildman–Crippen MR) is 98.3 cm³/mol. The van der Waals surface area contributed by atoms with Gasteiger partial charge in [-0.3, -0.25) is 14.4 Å². The van der Waals surface area contributed by atoms with Crippen LogP contribution in [0.1, 0.15) is 29.3 Å². The number of para-hydroxylation sites is 1. The maximum atomic E-state index is 12.1. The smallest absolute Gasteiger partial charge is 0.306 e. The second-order valence-electron chi connectivity index (χ2n) is 5.46. The van der Waals surface area contributed by atoms with E-state index in [9.17, 15) is 14.4 Å². The number of hydrogen-bond donors (Lipinski definition) is 2. The first-order chi connectivity index (χ1) is 12.4. The van der Waals surface area contributed by atoms with Crippen LogP contribution in [0.2, 0.25) is 0 Å². The molecule has 7 nitrogen and oxygen atoms in total. The third-order valence-electron chi connectivity index (χ3n) is 3.64. The van der Waals surface area contributed by atoms with Crippen LogP contribution in [0.25, 0.3) is 0 Å². The van der Waals surface area contributed by atoms with E-state index in [1.54, 1.807) is 12.5 Å². The lowest BCUT2D eigenvalue weighted by Gasteiger charge is -2.14. The van der Waals surface area contributed by atoms with Gasteiger partial charge >= 0.3 is 5.97 Å². The summed E-state index contributed by atoms with van der Waals surface area (Å²) < 4.78 is 10.4. The summed E-state index contributed by atoms with van der Waals surface area (Å²) in [7, 11) is 1.56. The predicted octanol–water partition coefficient (Wildman–Crippen LogP) is 2.36. The van der Waals surface area contributed by atoms with Crippen LogP contribution in [0.15, 0.2) is 35.7 Å². The van der Waals surface area contributed by atoms with Crippen LogP contribution in [-0.2, 0) is 20.7 Å². The van der Waals surface area contributed by atoms with Gasteiger partial charge in [-0.1, -0.05) is 18.2 Å². The third kappa shape index (κ3) is 5.06. The van der Waals surface area contributed by atoms with Gasteiger partial charge in [-0.2, -0.15) is 0 Å². The SMILES string of the molecule is COc1ccccc1CCC(=O)O[C@H](C)C(=O)Nc1sccc1C(N)=O. The van der Waals surface area contributed by atoms with Gasteiger partial charge in [-0.25, -0.2) is 0 Å². The monoisotopic (exact) mass is 376 g/mol. The molecule has 0 spiro atoms. The molecule has 8 heteroatoms. The minimum atomic E-state index is -0.997. The van der Waals surface area contributed by atoms with E-state index in [1.807, 2.05) is 24.3 Å². The first kappa shape index (κ1) is 19.5. The zero-order chi connectivity index (χ0) is 19.1. The van der Waals surface area contributed by atoms with Crippen molar-refractivity contribution in [1.82, 2.24) is 0 Å². The molecule has 0 saturated carbocycles. The number of benzene rings is 1. The molecule has 0 aliphatic rings. The highest BCUT2D eigenvalue weighted by atomic mass is 32.1. The molecule has 1 aromatic heterocycles. The number of rotatable bonds is 8. The average Bonchev–Trinajstić information content (AvgIpc) is 3.08. The second kappa shape index (κ2) is 9.00. The molecule has 3 N–H and O–H groups in total. The molecule has 1 heterocycles. The van der Waals surface area contributed by atoms with E-state index in [2.05, 4.69) is 5.32 Å². The molecule has 2 aromatic rings. The Balaban J connectivity index is 1.87. The van der Waals surface area contributed by atoms with Crippen molar-refractivity contribution >= 4 is 34.1 Å². The lowest BCUT2D eigenvalue weighted by Crippen LogP contribution is -2.30. The molecule has 0 fully saturated rings. The third-order valence-corrected chi connectivity index (χ3v) is 4.47. The molecule has 0 radical (unpaired) electrons. The lowest BCUT2D eigenvalue weighted by atomic mass is 10.1. The summed E-state index contributed by atoms with van der Waals surface area (Å²) in [5, 5.41) is 4.52. The number of thiophene rings is 1. The molecule has 2 rings (SSSR count). The normalized spacial score (nSPS) is 11.5. The summed E-state index contributed by atoms with van der Waals surface area (Å²) in [5.41, 5.74) is 6.33. The zero-order valence-corrected chi connectivity index (χ0v) is 15.3. The van der Waals surface area contributed by atoms with Crippen molar-refractivity contribution in [3.8, 4) is 5.75 Å². The molecule has 0 aliphatic heterocycles. The van der Waals surface area contributed by atoms with E-state index < -0.39 is 23.9 Å². The molecule has 1 aromatic carbocycles. The Morgan fingerprint density at radius 3 is 2.65 bits per heavy atom. The van der Waals surface area contributed by atoms with Crippen molar-refractivity contribution in [2.24, 2.45) is 5.73 Å². The Kier molecular flexibility index (Phi) is 6.74. The van der Waals surface area contributed by atoms with Gasteiger partial charge in [0, 0.05) is 6.42 Å². The van der Waals surface area contributed by atoms with Crippen molar-refractivity contribution in [3.05, 3.63) is 46.8 Å². The molecular formula is C18H20N2O5S. The fraction of sp³-hybridized carbons (Fsp3) is 0.278. The number of hydrogen-bond acceptors (Lipinski definition) is 6. The van der Waals surface area contributed by atoms with Gasteiger partial charge in [0.2, 0.25) is 0 Å². The molecule has 26 heavy (non-hydrogen) atoms. The maximum Gasteiger partial charge on any atom is 0.306 e. The summed E-state index contributed by atoms with van der Waals surface area (Å²) in [6.45, 7) is 1.47. The minimum absolute atomic E-state index is 0.115. The van der Waals surface area contributed by atoms with Crippen LogP contribution in [-0.4, -0.2) is 31.0 Å². The maximum absolute atomic E-state index is 12.1. The van der Waals surface area contributed by atoms with E-state index in [1.165, 1.54) is 24.3 Å². The van der Waals surface area contributed by atoms with E-state index >= 15 is 0 Å². The number of anilines is 1. The van der Waals surface area contributed by atoms with Gasteiger partial charge in [0.1, 0.15) is 10.8 Å². The molecule has 0 saturated heterocycles. The number of ether oxygens (including phenoxy) is 2. The van der Waals surface area contributed by atoms with Crippen molar-refractivity contribution < 1.29 is 23.9 Å². The van der Waals surface area contributed by atoms with Crippen molar-refractivity contribution in [1.29, 1.82) is 0 Å². The van der Waals surface area contributed by atoms with E-state index in [-0.39, 0.29) is 12.0 Å². The van der Waals surface area contributed by atoms with E-state index in [0.717, 1.165) is 5.56 Å². The first-order valence-electron chi connectivity index (χ1n) is 7.92. The van der Waals surface area contributed by atoms with Gasteiger partial charge in [0.15, 0.2) is 6.10 Å². The van der Waals surface area contributed by atoms with Gasteiger partial charge in [0.25, 0.3) is 11.8 Å². The van der Waals surface area contributed by atoms with Crippen LogP contribution in [0.5, 0.6) is 5.75 Å². The Hall–Kier alpha value is -2.87. The molecule has 0 bridgehead atoms. The number of primary amides is 1. The molecule has 0 unspecified atom stereocenters. The number of nitrogens with two attached hydrogens (primary N) is 1. The van der Waals surface area contributed by atoms with Crippen LogP contribution in [0.3, 0.4) is 0 Å². The number of carbonyl (C=O) groups is 3. The number of esters is 1. The molecule has 1 atom stereocenters. The number of amides is 2. The highest BCUT2D eigenvalue weighted by Gasteiger charge is 2.20. The standard InChI is InChI=1S/C18H20N2O5S/c1-11(17(23)20-18-13(16(19)22)9-10-26-18)25-15(21)8-7-12-5-3-4-6-14(12)24-2/h3-6,9-11H,7-8H2,1-2H3,(H2,19,22)(H,20,23)/t11-/m1/s1. The average molecular weight is 376 g/mol. The van der Waals surface area contributed by atoms with Crippen LogP contribution in [0.4, 0.5) is 5.00 Å². The molecule has 0 aliphatic carbocycles. The van der Waals surface area contributed by atoms with Gasteiger partial charge in [0.05, 0.1) is 12.7 Å². The Morgan fingerprint density at radius 1 is 1.23 bits per heavy atom. The van der Waals surface area contributed by atoms with Gasteiger partial charge in [-0.05, 0) is 36.4 Å². The number of nitrogens with one attached hydrogen (secondary N) is 1. The Labute approximate surface area is 155 Å². The molecular weight excluding hydrogens is 356 g/mol. The molecule has 138 valence electrons. The topological polar surface area (TPSA) is 108 Å².